The van der Waals surface area contributed by atoms with Crippen LogP contribution in [0.5, 0.6) is 0 Å². The van der Waals surface area contributed by atoms with Crippen molar-refractivity contribution in [1.29, 1.82) is 0 Å². The van der Waals surface area contributed by atoms with E-state index in [4.69, 9.17) is 11.6 Å². The van der Waals surface area contributed by atoms with E-state index >= 15 is 0 Å². The molecule has 0 aliphatic carbocycles. The van der Waals surface area contributed by atoms with Gasteiger partial charge in [0.15, 0.2) is 0 Å². The normalized spacial score (nSPS) is 18.9. The van der Waals surface area contributed by atoms with Crippen molar-refractivity contribution in [2.45, 2.75) is 19.3 Å². The Labute approximate surface area is 214 Å². The van der Waals surface area contributed by atoms with Gasteiger partial charge in [0.1, 0.15) is 11.6 Å². The van der Waals surface area contributed by atoms with Gasteiger partial charge in [0.25, 0.3) is 5.91 Å². The van der Waals surface area contributed by atoms with Crippen molar-refractivity contribution >= 4 is 29.1 Å². The summed E-state index contributed by atoms with van der Waals surface area (Å²) in [5.74, 6) is 0.448. The highest BCUT2D eigenvalue weighted by molar-refractivity contribution is 6.33. The van der Waals surface area contributed by atoms with E-state index in [1.165, 1.54) is 23.4 Å². The molecule has 2 amide bonds. The van der Waals surface area contributed by atoms with Crippen LogP contribution in [0.1, 0.15) is 28.2 Å². The Morgan fingerprint density at radius 3 is 2.61 bits per heavy atom. The molecule has 188 valence electrons. The average Bonchev–Trinajstić information content (AvgIpc) is 3.59. The molecule has 2 aliphatic heterocycles. The van der Waals surface area contributed by atoms with Gasteiger partial charge in [0, 0.05) is 62.6 Å². The van der Waals surface area contributed by atoms with Gasteiger partial charge in [-0.25, -0.2) is 9.37 Å². The predicted octanol–water partition coefficient (Wildman–Crippen LogP) is 3.70. The number of nitrogens with zero attached hydrogens (tertiary/aromatic N) is 3. The molecule has 36 heavy (non-hydrogen) atoms. The molecule has 3 heterocycles. The summed E-state index contributed by atoms with van der Waals surface area (Å²) in [6.45, 7) is 3.58. The van der Waals surface area contributed by atoms with Crippen molar-refractivity contribution in [3.8, 4) is 0 Å². The number of anilines is 1. The topological polar surface area (TPSA) is 81.3 Å². The molecule has 0 spiro atoms. The summed E-state index contributed by atoms with van der Waals surface area (Å²) in [7, 11) is 0. The average molecular weight is 510 g/mol. The Morgan fingerprint density at radius 1 is 1.11 bits per heavy atom. The van der Waals surface area contributed by atoms with E-state index in [2.05, 4.69) is 44.5 Å². The molecular weight excluding hydrogens is 481 g/mol. The largest absolute Gasteiger partial charge is 0.371 e. The van der Waals surface area contributed by atoms with Crippen LogP contribution in [0.2, 0.25) is 5.02 Å². The standard InChI is InChI=1S/C27H29ClFN5O2/c28-22-7-2-8-23(29)26(22)27(36)34-16-19-14-33(15-20(19)17-34)21-6-1-4-18(12-21)5-3-9-32-25(35)13-24-30-10-11-31-24/h1-2,4,6-8,10-12,19-20H,3,5,9,13-17H2,(H,30,31)(H,32,35). The monoisotopic (exact) mass is 509 g/mol. The molecule has 2 atom stereocenters. The predicted molar refractivity (Wildman–Crippen MR) is 137 cm³/mol. The molecule has 2 aliphatic rings. The van der Waals surface area contributed by atoms with Crippen molar-refractivity contribution in [2.75, 3.05) is 37.6 Å². The molecule has 2 aromatic carbocycles. The third-order valence-corrected chi connectivity index (χ3v) is 7.39. The minimum Gasteiger partial charge on any atom is -0.371 e. The summed E-state index contributed by atoms with van der Waals surface area (Å²) in [5, 5.41) is 3.11. The Balaban J connectivity index is 1.10. The summed E-state index contributed by atoms with van der Waals surface area (Å²) in [6, 6.07) is 12.9. The first-order valence-corrected chi connectivity index (χ1v) is 12.7. The zero-order valence-corrected chi connectivity index (χ0v) is 20.7. The summed E-state index contributed by atoms with van der Waals surface area (Å²) >= 11 is 6.11. The van der Waals surface area contributed by atoms with Gasteiger partial charge in [-0.2, -0.15) is 0 Å². The van der Waals surface area contributed by atoms with Gasteiger partial charge in [0.2, 0.25) is 5.91 Å². The van der Waals surface area contributed by atoms with E-state index in [1.807, 2.05) is 0 Å². The second-order valence-corrected chi connectivity index (χ2v) is 9.98. The van der Waals surface area contributed by atoms with E-state index in [-0.39, 0.29) is 28.8 Å². The van der Waals surface area contributed by atoms with Gasteiger partial charge in [-0.1, -0.05) is 29.8 Å². The minimum absolute atomic E-state index is 0.0270. The van der Waals surface area contributed by atoms with Crippen LogP contribution in [0, 0.1) is 17.7 Å². The van der Waals surface area contributed by atoms with Crippen molar-refractivity contribution < 1.29 is 14.0 Å². The third kappa shape index (κ3) is 5.38. The Hall–Kier alpha value is -3.39. The van der Waals surface area contributed by atoms with Crippen molar-refractivity contribution in [2.24, 2.45) is 11.8 Å². The first kappa shape index (κ1) is 24.3. The van der Waals surface area contributed by atoms with Crippen LogP contribution in [-0.4, -0.2) is 59.4 Å². The molecule has 7 nitrogen and oxygen atoms in total. The molecule has 2 N–H and O–H groups in total. The number of nitrogens with one attached hydrogen (secondary N) is 2. The van der Waals surface area contributed by atoms with Gasteiger partial charge in [-0.05, 0) is 42.7 Å². The number of carbonyl (C=O) groups excluding carboxylic acids is 2. The number of halogens is 2. The van der Waals surface area contributed by atoms with Crippen molar-refractivity contribution in [1.82, 2.24) is 20.2 Å². The zero-order valence-electron chi connectivity index (χ0n) is 19.9. The van der Waals surface area contributed by atoms with E-state index in [0.717, 1.165) is 25.9 Å². The van der Waals surface area contributed by atoms with Crippen LogP contribution in [-0.2, 0) is 17.6 Å². The lowest BCUT2D eigenvalue weighted by Gasteiger charge is -2.24. The number of hydrogen-bond acceptors (Lipinski definition) is 4. The van der Waals surface area contributed by atoms with Crippen molar-refractivity contribution in [3.63, 3.8) is 0 Å². The van der Waals surface area contributed by atoms with Gasteiger partial charge in [-0.15, -0.1) is 0 Å². The molecule has 2 fully saturated rings. The molecule has 2 saturated heterocycles. The molecule has 2 unspecified atom stereocenters. The van der Waals surface area contributed by atoms with Crippen LogP contribution < -0.4 is 10.2 Å². The molecule has 0 radical (unpaired) electrons. The molecule has 1 aromatic heterocycles. The number of carbonyl (C=O) groups is 2. The number of aromatic nitrogens is 2. The first-order valence-electron chi connectivity index (χ1n) is 12.3. The fourth-order valence-corrected chi connectivity index (χ4v) is 5.51. The van der Waals surface area contributed by atoms with Gasteiger partial charge >= 0.3 is 0 Å². The zero-order chi connectivity index (χ0) is 25.1. The number of imidazole rings is 1. The van der Waals surface area contributed by atoms with E-state index in [9.17, 15) is 14.0 Å². The van der Waals surface area contributed by atoms with Crippen LogP contribution in [0.4, 0.5) is 10.1 Å². The highest BCUT2D eigenvalue weighted by atomic mass is 35.5. The first-order chi connectivity index (χ1) is 17.5. The lowest BCUT2D eigenvalue weighted by atomic mass is 10.0. The van der Waals surface area contributed by atoms with Gasteiger partial charge in [-0.3, -0.25) is 9.59 Å². The number of aryl methyl sites for hydroxylation is 1. The van der Waals surface area contributed by atoms with Crippen LogP contribution in [0.25, 0.3) is 0 Å². The number of benzene rings is 2. The molecule has 9 heteroatoms. The fraction of sp³-hybridized carbons (Fsp3) is 0.370. The Morgan fingerprint density at radius 2 is 1.89 bits per heavy atom. The summed E-state index contributed by atoms with van der Waals surface area (Å²) < 4.78 is 14.2. The Kier molecular flexibility index (Phi) is 7.23. The number of rotatable bonds is 8. The smallest absolute Gasteiger partial charge is 0.258 e. The van der Waals surface area contributed by atoms with Crippen LogP contribution >= 0.6 is 11.6 Å². The van der Waals surface area contributed by atoms with Crippen molar-refractivity contribution in [3.05, 3.63) is 82.6 Å². The maximum Gasteiger partial charge on any atom is 0.258 e. The summed E-state index contributed by atoms with van der Waals surface area (Å²) in [5.41, 5.74) is 2.38. The molecule has 3 aromatic rings. The molecular formula is C27H29ClFN5O2. The lowest BCUT2D eigenvalue weighted by molar-refractivity contribution is -0.120. The number of H-pyrrole nitrogens is 1. The third-order valence-electron chi connectivity index (χ3n) is 7.07. The van der Waals surface area contributed by atoms with Gasteiger partial charge in [0.05, 0.1) is 17.0 Å². The number of amides is 2. The van der Waals surface area contributed by atoms with E-state index in [0.29, 0.717) is 37.3 Å². The van der Waals surface area contributed by atoms with E-state index < -0.39 is 5.82 Å². The van der Waals surface area contributed by atoms with E-state index in [1.54, 1.807) is 23.4 Å². The van der Waals surface area contributed by atoms with Crippen LogP contribution in [0.15, 0.2) is 54.9 Å². The fourth-order valence-electron chi connectivity index (χ4n) is 5.27. The highest BCUT2D eigenvalue weighted by Crippen LogP contribution is 2.35. The number of aromatic amines is 1. The number of hydrogen-bond donors (Lipinski definition) is 2. The SMILES string of the molecule is O=C(Cc1ncc[nH]1)NCCCc1cccc(N2CC3CN(C(=O)c4c(F)cccc4Cl)CC3C2)c1. The number of likely N-dealkylation sites (tertiary alicyclic amines) is 1. The van der Waals surface area contributed by atoms with Crippen LogP contribution in [0.3, 0.4) is 0 Å². The van der Waals surface area contributed by atoms with Gasteiger partial charge < -0.3 is 20.1 Å². The number of fused-ring (bicyclic) bond motifs is 1. The quantitative estimate of drug-likeness (QED) is 0.454. The second kappa shape index (κ2) is 10.7. The Bertz CT molecular complexity index is 1200. The molecule has 0 saturated carbocycles. The summed E-state index contributed by atoms with van der Waals surface area (Å²) in [4.78, 5) is 36.0. The second-order valence-electron chi connectivity index (χ2n) is 9.57. The lowest BCUT2D eigenvalue weighted by Crippen LogP contribution is -2.34. The molecule has 5 rings (SSSR count). The molecule has 0 bridgehead atoms. The maximum absolute atomic E-state index is 14.2. The summed E-state index contributed by atoms with van der Waals surface area (Å²) in [6.07, 6.45) is 5.34. The maximum atomic E-state index is 14.2. The minimum atomic E-state index is -0.569. The highest BCUT2D eigenvalue weighted by Gasteiger charge is 2.42.